The molecule has 4 heteroatoms. The van der Waals surface area contributed by atoms with Gasteiger partial charge in [-0.15, -0.1) is 11.8 Å². The molecular formula is C14H20Cl2SZr. The Hall–Kier alpha value is 1.03. The van der Waals surface area contributed by atoms with Crippen molar-refractivity contribution in [2.45, 2.75) is 39.9 Å². The maximum absolute atomic E-state index is 2.35. The third kappa shape index (κ3) is 4.01. The molecule has 2 aliphatic rings. The fourth-order valence-electron chi connectivity index (χ4n) is 2.41. The van der Waals surface area contributed by atoms with Gasteiger partial charge in [0.15, 0.2) is 0 Å². The van der Waals surface area contributed by atoms with Crippen molar-refractivity contribution in [2.24, 2.45) is 11.3 Å². The topological polar surface area (TPSA) is 0 Å². The molecule has 1 heterocycles. The summed E-state index contributed by atoms with van der Waals surface area (Å²) in [7, 11) is 0. The summed E-state index contributed by atoms with van der Waals surface area (Å²) >= 11 is 2.07. The van der Waals surface area contributed by atoms with Gasteiger partial charge in [-0.3, -0.25) is 0 Å². The van der Waals surface area contributed by atoms with Crippen molar-refractivity contribution in [3.63, 3.8) is 0 Å². The van der Waals surface area contributed by atoms with Gasteiger partial charge in [-0.2, -0.15) is 0 Å². The van der Waals surface area contributed by atoms with Gasteiger partial charge in [0.25, 0.3) is 0 Å². The molecule has 100 valence electrons. The van der Waals surface area contributed by atoms with Gasteiger partial charge in [0, 0.05) is 11.2 Å². The molecule has 0 aromatic heterocycles. The molecule has 2 unspecified atom stereocenters. The summed E-state index contributed by atoms with van der Waals surface area (Å²) in [6, 6.07) is 0. The third-order valence-corrected chi connectivity index (χ3v) is 4.96. The molecule has 1 aliphatic carbocycles. The standard InChI is InChI=1S/C14H20S.2ClH.Zr/c1-9(2)12-10-7-6-8-11(10)15-13(12)14(3,4)5;;;/h6-8,10,13H,1-5H3;2*1H;/q;;;+2/p-2. The Morgan fingerprint density at radius 3 is 2.17 bits per heavy atom. The number of fused-ring (bicyclic) bond motifs is 1. The van der Waals surface area contributed by atoms with E-state index in [0.29, 0.717) is 16.6 Å². The number of thioether (sulfide) groups is 1. The molecule has 1 aliphatic heterocycles. The molecule has 0 aromatic carbocycles. The van der Waals surface area contributed by atoms with E-state index >= 15 is 0 Å². The van der Waals surface area contributed by atoms with Crippen LogP contribution in [0.15, 0.2) is 34.3 Å². The molecule has 1 fully saturated rings. The molecule has 0 spiro atoms. The van der Waals surface area contributed by atoms with E-state index in [0.717, 1.165) is 0 Å². The Morgan fingerprint density at radius 2 is 1.72 bits per heavy atom. The molecule has 0 radical (unpaired) electrons. The van der Waals surface area contributed by atoms with Crippen LogP contribution in [0.5, 0.6) is 0 Å². The largest absolute Gasteiger partial charge is 2.00 e. The number of hydrogen-bond acceptors (Lipinski definition) is 1. The first-order valence-electron chi connectivity index (χ1n) is 5.63. The smallest absolute Gasteiger partial charge is 1.00 e. The number of hydrogen-bond donors (Lipinski definition) is 0. The van der Waals surface area contributed by atoms with Crippen molar-refractivity contribution in [1.82, 2.24) is 0 Å². The van der Waals surface area contributed by atoms with E-state index in [9.17, 15) is 0 Å². The number of halogens is 2. The zero-order valence-electron chi connectivity index (χ0n) is 11.6. The van der Waals surface area contributed by atoms with Crippen molar-refractivity contribution in [1.29, 1.82) is 0 Å². The van der Waals surface area contributed by atoms with Gasteiger partial charge in [-0.1, -0.05) is 44.6 Å². The summed E-state index contributed by atoms with van der Waals surface area (Å²) < 4.78 is 0. The van der Waals surface area contributed by atoms with E-state index in [-0.39, 0.29) is 51.0 Å². The van der Waals surface area contributed by atoms with Crippen LogP contribution in [0.1, 0.15) is 34.6 Å². The molecule has 0 N–H and O–H groups in total. The van der Waals surface area contributed by atoms with Crippen LogP contribution in [0.2, 0.25) is 0 Å². The second-order valence-corrected chi connectivity index (χ2v) is 6.93. The van der Waals surface area contributed by atoms with Crippen molar-refractivity contribution in [3.8, 4) is 0 Å². The molecule has 2 rings (SSSR count). The van der Waals surface area contributed by atoms with Gasteiger partial charge in [0.1, 0.15) is 0 Å². The fraction of sp³-hybridized carbons (Fsp3) is 0.571. The summed E-state index contributed by atoms with van der Waals surface area (Å²) in [5.74, 6) is 0.601. The summed E-state index contributed by atoms with van der Waals surface area (Å²) in [5.41, 5.74) is 3.51. The molecule has 1 saturated heterocycles. The van der Waals surface area contributed by atoms with E-state index in [1.807, 2.05) is 0 Å². The third-order valence-electron chi connectivity index (χ3n) is 3.11. The Bertz CT molecular complexity index is 374. The van der Waals surface area contributed by atoms with E-state index in [1.165, 1.54) is 5.57 Å². The Labute approximate surface area is 147 Å². The second kappa shape index (κ2) is 7.72. The average Bonchev–Trinajstić information content (AvgIpc) is 2.56. The molecule has 18 heavy (non-hydrogen) atoms. The van der Waals surface area contributed by atoms with Gasteiger partial charge in [0.2, 0.25) is 0 Å². The first-order chi connectivity index (χ1) is 6.91. The van der Waals surface area contributed by atoms with Crippen LogP contribution >= 0.6 is 11.8 Å². The fourth-order valence-corrected chi connectivity index (χ4v) is 4.05. The summed E-state index contributed by atoms with van der Waals surface area (Å²) in [6.45, 7) is 11.5. The van der Waals surface area contributed by atoms with Crippen molar-refractivity contribution in [3.05, 3.63) is 34.3 Å². The van der Waals surface area contributed by atoms with Gasteiger partial charge in [-0.25, -0.2) is 0 Å². The maximum atomic E-state index is 2.35. The minimum atomic E-state index is 0. The SMILES string of the molecule is CC(C)=C1C2C=CC=C2SC1C(C)(C)C.[Cl-].[Cl-].[Zr+2]. The van der Waals surface area contributed by atoms with Gasteiger partial charge < -0.3 is 24.8 Å². The van der Waals surface area contributed by atoms with Crippen LogP contribution in [0.3, 0.4) is 0 Å². The number of rotatable bonds is 0. The molecule has 0 amide bonds. The monoisotopic (exact) mass is 380 g/mol. The summed E-state index contributed by atoms with van der Waals surface area (Å²) in [6.07, 6.45) is 6.83. The van der Waals surface area contributed by atoms with E-state index in [1.54, 1.807) is 10.5 Å². The minimum absolute atomic E-state index is 0. The zero-order valence-corrected chi connectivity index (χ0v) is 16.3. The van der Waals surface area contributed by atoms with Crippen molar-refractivity contribution < 1.29 is 51.0 Å². The van der Waals surface area contributed by atoms with Gasteiger partial charge in [-0.05, 0) is 29.7 Å². The van der Waals surface area contributed by atoms with Crippen LogP contribution in [-0.4, -0.2) is 5.25 Å². The molecule has 0 nitrogen and oxygen atoms in total. The minimum Gasteiger partial charge on any atom is -1.00 e. The zero-order chi connectivity index (χ0) is 11.2. The van der Waals surface area contributed by atoms with Crippen LogP contribution < -0.4 is 24.8 Å². The Balaban J connectivity index is 0. The Kier molecular flexibility index (Phi) is 9.15. The first kappa shape index (κ1) is 21.3. The molecule has 2 atom stereocenters. The molecule has 0 aromatic rings. The van der Waals surface area contributed by atoms with Crippen LogP contribution in [-0.2, 0) is 26.2 Å². The van der Waals surface area contributed by atoms with E-state index in [4.69, 9.17) is 0 Å². The first-order valence-corrected chi connectivity index (χ1v) is 6.51. The van der Waals surface area contributed by atoms with E-state index < -0.39 is 0 Å². The predicted molar refractivity (Wildman–Crippen MR) is 69.9 cm³/mol. The summed E-state index contributed by atoms with van der Waals surface area (Å²) in [5, 5.41) is 0.656. The molecule has 0 bridgehead atoms. The maximum Gasteiger partial charge on any atom is 2.00 e. The quantitative estimate of drug-likeness (QED) is 0.463. The van der Waals surface area contributed by atoms with Crippen LogP contribution in [0.4, 0.5) is 0 Å². The Morgan fingerprint density at radius 1 is 1.17 bits per heavy atom. The van der Waals surface area contributed by atoms with Crippen molar-refractivity contribution in [2.75, 3.05) is 0 Å². The van der Waals surface area contributed by atoms with Crippen LogP contribution in [0.25, 0.3) is 0 Å². The average molecular weight is 383 g/mol. The molecular weight excluding hydrogens is 362 g/mol. The number of allylic oxidation sites excluding steroid dienone is 5. The second-order valence-electron chi connectivity index (χ2n) is 5.75. The van der Waals surface area contributed by atoms with Gasteiger partial charge >= 0.3 is 26.2 Å². The van der Waals surface area contributed by atoms with E-state index in [2.05, 4.69) is 64.6 Å². The van der Waals surface area contributed by atoms with Gasteiger partial charge in [0.05, 0.1) is 0 Å². The van der Waals surface area contributed by atoms with Crippen LogP contribution in [0, 0.1) is 11.3 Å². The predicted octanol–water partition coefficient (Wildman–Crippen LogP) is -1.44. The molecule has 0 saturated carbocycles. The summed E-state index contributed by atoms with van der Waals surface area (Å²) in [4.78, 5) is 1.55. The van der Waals surface area contributed by atoms with Crippen molar-refractivity contribution >= 4 is 11.8 Å². The normalized spacial score (nSPS) is 24.5.